The van der Waals surface area contributed by atoms with Crippen molar-refractivity contribution in [1.82, 2.24) is 5.43 Å². The van der Waals surface area contributed by atoms with Crippen molar-refractivity contribution in [2.45, 2.75) is 6.92 Å². The molecule has 2 aromatic rings. The highest BCUT2D eigenvalue weighted by Gasteiger charge is 2.00. The molecule has 0 bridgehead atoms. The number of hydrogen-bond donors (Lipinski definition) is 2. The number of methoxy groups -OCH3 is 1. The molecule has 0 saturated heterocycles. The molecule has 0 heterocycles. The standard InChI is InChI=1S/C19H21N3O2/c1-15(8-9-16-6-4-3-5-7-16)21-22-19(23)14-20-17-10-12-18(24-2)13-11-17/h3-13,20H,14H2,1-2H3,(H,22,23)/b9-8+,21-15+. The number of rotatable bonds is 7. The molecule has 2 rings (SSSR count). The van der Waals surface area contributed by atoms with Crippen molar-refractivity contribution in [1.29, 1.82) is 0 Å². The van der Waals surface area contributed by atoms with Crippen molar-refractivity contribution in [3.05, 3.63) is 66.2 Å². The molecule has 0 aliphatic rings. The van der Waals surface area contributed by atoms with E-state index in [1.807, 2.05) is 73.7 Å². The van der Waals surface area contributed by atoms with Crippen LogP contribution in [0.25, 0.3) is 6.08 Å². The molecule has 2 N–H and O–H groups in total. The first-order valence-electron chi connectivity index (χ1n) is 7.61. The van der Waals surface area contributed by atoms with E-state index in [9.17, 15) is 4.79 Å². The van der Waals surface area contributed by atoms with E-state index < -0.39 is 0 Å². The van der Waals surface area contributed by atoms with Gasteiger partial charge >= 0.3 is 0 Å². The first kappa shape index (κ1) is 17.3. The molecule has 0 unspecified atom stereocenters. The van der Waals surface area contributed by atoms with E-state index in [-0.39, 0.29) is 12.5 Å². The maximum absolute atomic E-state index is 11.8. The highest BCUT2D eigenvalue weighted by atomic mass is 16.5. The maximum Gasteiger partial charge on any atom is 0.259 e. The van der Waals surface area contributed by atoms with E-state index in [1.165, 1.54) is 0 Å². The number of amides is 1. The fourth-order valence-electron chi connectivity index (χ4n) is 1.90. The van der Waals surface area contributed by atoms with Crippen LogP contribution in [0.2, 0.25) is 0 Å². The molecule has 0 fully saturated rings. The van der Waals surface area contributed by atoms with E-state index in [0.717, 1.165) is 22.7 Å². The lowest BCUT2D eigenvalue weighted by Gasteiger charge is -2.06. The summed E-state index contributed by atoms with van der Waals surface area (Å²) in [6.45, 7) is 1.97. The second kappa shape index (κ2) is 9.15. The summed E-state index contributed by atoms with van der Waals surface area (Å²) in [7, 11) is 1.61. The van der Waals surface area contributed by atoms with Crippen LogP contribution >= 0.6 is 0 Å². The number of nitrogens with one attached hydrogen (secondary N) is 2. The van der Waals surface area contributed by atoms with E-state index in [1.54, 1.807) is 7.11 Å². The number of hydrogen-bond acceptors (Lipinski definition) is 4. The number of benzene rings is 2. The topological polar surface area (TPSA) is 62.7 Å². The average molecular weight is 323 g/mol. The number of carbonyl (C=O) groups excluding carboxylic acids is 1. The molecular formula is C19H21N3O2. The Morgan fingerprint density at radius 2 is 1.83 bits per heavy atom. The third kappa shape index (κ3) is 5.96. The summed E-state index contributed by atoms with van der Waals surface area (Å²) in [6.07, 6.45) is 3.80. The molecule has 124 valence electrons. The molecule has 0 spiro atoms. The van der Waals surface area contributed by atoms with Gasteiger partial charge in [0.25, 0.3) is 5.91 Å². The number of nitrogens with zero attached hydrogens (tertiary/aromatic N) is 1. The molecule has 24 heavy (non-hydrogen) atoms. The van der Waals surface area contributed by atoms with Crippen LogP contribution in [0.15, 0.2) is 65.8 Å². The molecule has 0 aliphatic carbocycles. The second-order valence-corrected chi connectivity index (χ2v) is 5.11. The molecule has 5 nitrogen and oxygen atoms in total. The van der Waals surface area contributed by atoms with Crippen molar-refractivity contribution >= 4 is 23.4 Å². The summed E-state index contributed by atoms with van der Waals surface area (Å²) in [6, 6.07) is 17.3. The molecule has 5 heteroatoms. The van der Waals surface area contributed by atoms with E-state index in [4.69, 9.17) is 4.74 Å². The zero-order valence-corrected chi connectivity index (χ0v) is 13.8. The van der Waals surface area contributed by atoms with Crippen LogP contribution in [-0.4, -0.2) is 25.3 Å². The smallest absolute Gasteiger partial charge is 0.259 e. The van der Waals surface area contributed by atoms with Gasteiger partial charge in [-0.05, 0) is 42.8 Å². The highest BCUT2D eigenvalue weighted by molar-refractivity contribution is 5.97. The normalized spacial score (nSPS) is 11.3. The Bertz CT molecular complexity index is 707. The summed E-state index contributed by atoms with van der Waals surface area (Å²) in [5, 5.41) is 7.07. The van der Waals surface area contributed by atoms with Crippen molar-refractivity contribution in [3.8, 4) is 5.75 Å². The van der Waals surface area contributed by atoms with Crippen molar-refractivity contribution in [3.63, 3.8) is 0 Å². The van der Waals surface area contributed by atoms with Gasteiger partial charge in [-0.1, -0.05) is 36.4 Å². The zero-order chi connectivity index (χ0) is 17.2. The number of ether oxygens (including phenoxy) is 1. The quantitative estimate of drug-likeness (QED) is 0.607. The van der Waals surface area contributed by atoms with Crippen molar-refractivity contribution in [2.24, 2.45) is 5.10 Å². The van der Waals surface area contributed by atoms with Gasteiger partial charge in [0.2, 0.25) is 0 Å². The third-order valence-electron chi connectivity index (χ3n) is 3.22. The van der Waals surface area contributed by atoms with Gasteiger partial charge in [0.05, 0.1) is 19.4 Å². The first-order valence-corrected chi connectivity index (χ1v) is 7.61. The lowest BCUT2D eigenvalue weighted by molar-refractivity contribution is -0.119. The SMILES string of the molecule is COc1ccc(NCC(=O)N/N=C(C)/C=C/c2ccccc2)cc1. The van der Waals surface area contributed by atoms with E-state index in [2.05, 4.69) is 15.8 Å². The summed E-state index contributed by atoms with van der Waals surface area (Å²) >= 11 is 0. The van der Waals surface area contributed by atoms with Gasteiger partial charge in [-0.3, -0.25) is 4.79 Å². The van der Waals surface area contributed by atoms with Crippen LogP contribution in [0.5, 0.6) is 5.75 Å². The highest BCUT2D eigenvalue weighted by Crippen LogP contribution is 2.14. The summed E-state index contributed by atoms with van der Waals surface area (Å²) in [4.78, 5) is 11.8. The van der Waals surface area contributed by atoms with Gasteiger partial charge in [-0.25, -0.2) is 5.43 Å². The Morgan fingerprint density at radius 1 is 1.12 bits per heavy atom. The van der Waals surface area contributed by atoms with Crippen LogP contribution in [0.4, 0.5) is 5.69 Å². The Morgan fingerprint density at radius 3 is 2.50 bits per heavy atom. The van der Waals surface area contributed by atoms with Crippen LogP contribution < -0.4 is 15.5 Å². The van der Waals surface area contributed by atoms with Gasteiger partial charge in [0, 0.05) is 5.69 Å². The Hall–Kier alpha value is -3.08. The van der Waals surface area contributed by atoms with E-state index in [0.29, 0.717) is 0 Å². The van der Waals surface area contributed by atoms with Gasteiger partial charge in [-0.2, -0.15) is 5.10 Å². The Balaban J connectivity index is 1.77. The molecule has 0 saturated carbocycles. The van der Waals surface area contributed by atoms with Crippen LogP contribution in [-0.2, 0) is 4.79 Å². The minimum absolute atomic E-state index is 0.144. The monoisotopic (exact) mass is 323 g/mol. The van der Waals surface area contributed by atoms with Crippen LogP contribution in [0.1, 0.15) is 12.5 Å². The molecule has 0 aliphatic heterocycles. The molecule has 2 aromatic carbocycles. The fraction of sp³-hybridized carbons (Fsp3) is 0.158. The molecule has 0 aromatic heterocycles. The molecule has 0 radical (unpaired) electrons. The number of allylic oxidation sites excluding steroid dienone is 1. The maximum atomic E-state index is 11.8. The largest absolute Gasteiger partial charge is 0.497 e. The van der Waals surface area contributed by atoms with Gasteiger partial charge in [0.15, 0.2) is 0 Å². The second-order valence-electron chi connectivity index (χ2n) is 5.11. The van der Waals surface area contributed by atoms with Crippen molar-refractivity contribution in [2.75, 3.05) is 19.0 Å². The van der Waals surface area contributed by atoms with Gasteiger partial charge in [-0.15, -0.1) is 0 Å². The minimum atomic E-state index is -0.210. The predicted molar refractivity (Wildman–Crippen MR) is 98.2 cm³/mol. The molecule has 0 atom stereocenters. The minimum Gasteiger partial charge on any atom is -0.497 e. The Labute approximate surface area is 142 Å². The number of hydrazone groups is 1. The van der Waals surface area contributed by atoms with Crippen LogP contribution in [0, 0.1) is 0 Å². The average Bonchev–Trinajstić information content (AvgIpc) is 2.64. The molecule has 1 amide bonds. The van der Waals surface area contributed by atoms with Gasteiger partial charge in [0.1, 0.15) is 5.75 Å². The fourth-order valence-corrected chi connectivity index (χ4v) is 1.90. The number of anilines is 1. The third-order valence-corrected chi connectivity index (χ3v) is 3.22. The first-order chi connectivity index (χ1) is 11.7. The van der Waals surface area contributed by atoms with Crippen molar-refractivity contribution < 1.29 is 9.53 Å². The summed E-state index contributed by atoms with van der Waals surface area (Å²) < 4.78 is 5.08. The lowest BCUT2D eigenvalue weighted by Crippen LogP contribution is -2.26. The Kier molecular flexibility index (Phi) is 6.58. The summed E-state index contributed by atoms with van der Waals surface area (Å²) in [5.74, 6) is 0.564. The predicted octanol–water partition coefficient (Wildman–Crippen LogP) is 3.31. The molecular weight excluding hydrogens is 302 g/mol. The summed E-state index contributed by atoms with van der Waals surface area (Å²) in [5.41, 5.74) is 5.17. The van der Waals surface area contributed by atoms with E-state index >= 15 is 0 Å². The lowest BCUT2D eigenvalue weighted by atomic mass is 10.2. The van der Waals surface area contributed by atoms with Gasteiger partial charge < -0.3 is 10.1 Å². The van der Waals surface area contributed by atoms with Crippen LogP contribution in [0.3, 0.4) is 0 Å². The zero-order valence-electron chi connectivity index (χ0n) is 13.8. The number of carbonyl (C=O) groups is 1.